The highest BCUT2D eigenvalue weighted by atomic mass is 32.2. The lowest BCUT2D eigenvalue weighted by atomic mass is 9.97. The van der Waals surface area contributed by atoms with Gasteiger partial charge >= 0.3 is 5.97 Å². The molecule has 2 amide bonds. The fraction of sp³-hybridized carbons (Fsp3) is 0.444. The number of β-lactam (4-membered cyclic amide) rings is 1. The number of fused-ring (bicyclic) bond motifs is 1. The number of nitrogens with two attached hydrogens (primary N) is 1. The summed E-state index contributed by atoms with van der Waals surface area (Å²) in [7, 11) is 1.69. The smallest absolute Gasteiger partial charge is 0.352 e. The van der Waals surface area contributed by atoms with Crippen LogP contribution in [0.5, 0.6) is 0 Å². The molecule has 0 bridgehead atoms. The van der Waals surface area contributed by atoms with E-state index in [0.717, 1.165) is 12.0 Å². The Kier molecular flexibility index (Phi) is 6.16. The maximum atomic E-state index is 12.8. The molecular formula is C18H21N7O4S2. The summed E-state index contributed by atoms with van der Waals surface area (Å²) in [5.41, 5.74) is 7.44. The summed E-state index contributed by atoms with van der Waals surface area (Å²) in [4.78, 5) is 38.5. The van der Waals surface area contributed by atoms with Crippen LogP contribution >= 0.6 is 23.5 Å². The van der Waals surface area contributed by atoms with Crippen LogP contribution in [-0.4, -0.2) is 77.0 Å². The summed E-state index contributed by atoms with van der Waals surface area (Å²) in [5.74, 6) is -1.30. The van der Waals surface area contributed by atoms with Crippen LogP contribution < -0.4 is 11.1 Å². The molecule has 1 aromatic heterocycles. The van der Waals surface area contributed by atoms with Crippen LogP contribution in [0.3, 0.4) is 0 Å². The standard InChI is InChI=1S/C18H21N7O4S2/c1-24-18(21-22-23-24)31-8-10-7-30-16-12(15(27)25(16)13(10)17(28)29)20-14(26)11(19)9-5-3-2-4-6-9/h2-3,6,11-12,16H,4-5,7-8,19H2,1H3,(H,20,26)(H,28,29)/t11?,12?,16-/m1/s1. The summed E-state index contributed by atoms with van der Waals surface area (Å²) in [6.07, 6.45) is 7.19. The molecule has 3 aliphatic rings. The first-order chi connectivity index (χ1) is 14.9. The Morgan fingerprint density at radius 1 is 1.45 bits per heavy atom. The zero-order valence-electron chi connectivity index (χ0n) is 16.6. The van der Waals surface area contributed by atoms with Gasteiger partial charge in [-0.2, -0.15) is 0 Å². The largest absolute Gasteiger partial charge is 0.477 e. The lowest BCUT2D eigenvalue weighted by Crippen LogP contribution is -2.71. The van der Waals surface area contributed by atoms with Gasteiger partial charge in [-0.1, -0.05) is 30.0 Å². The Bertz CT molecular complexity index is 1020. The van der Waals surface area contributed by atoms with Gasteiger partial charge < -0.3 is 16.2 Å². The van der Waals surface area contributed by atoms with Crippen molar-refractivity contribution in [3.8, 4) is 0 Å². The maximum Gasteiger partial charge on any atom is 0.352 e. The third-order valence-corrected chi connectivity index (χ3v) is 7.66. The number of nitrogens with zero attached hydrogens (tertiary/aromatic N) is 5. The number of hydrogen-bond acceptors (Lipinski definition) is 9. The molecule has 11 nitrogen and oxygen atoms in total. The van der Waals surface area contributed by atoms with Crippen molar-refractivity contribution in [3.05, 3.63) is 35.1 Å². The minimum absolute atomic E-state index is 0.0358. The predicted octanol–water partition coefficient (Wildman–Crippen LogP) is -0.355. The third kappa shape index (κ3) is 4.12. The van der Waals surface area contributed by atoms with E-state index in [1.165, 1.54) is 33.1 Å². The van der Waals surface area contributed by atoms with E-state index in [9.17, 15) is 19.5 Å². The number of carbonyl (C=O) groups is 3. The molecule has 0 saturated carbocycles. The van der Waals surface area contributed by atoms with Crippen molar-refractivity contribution in [2.24, 2.45) is 12.8 Å². The molecule has 0 spiro atoms. The van der Waals surface area contributed by atoms with Crippen LogP contribution in [0.4, 0.5) is 0 Å². The minimum atomic E-state index is -1.18. The minimum Gasteiger partial charge on any atom is -0.477 e. The van der Waals surface area contributed by atoms with E-state index < -0.39 is 35.2 Å². The zero-order valence-corrected chi connectivity index (χ0v) is 18.2. The second kappa shape index (κ2) is 8.85. The number of allylic oxidation sites excluding steroid dienone is 3. The van der Waals surface area contributed by atoms with Crippen LogP contribution in [0.25, 0.3) is 0 Å². The van der Waals surface area contributed by atoms with Crippen LogP contribution in [-0.2, 0) is 21.4 Å². The molecule has 0 aromatic carbocycles. The number of thioether (sulfide) groups is 2. The molecule has 3 heterocycles. The molecule has 2 unspecified atom stereocenters. The fourth-order valence-corrected chi connectivity index (χ4v) is 5.91. The van der Waals surface area contributed by atoms with Crippen molar-refractivity contribution < 1.29 is 19.5 Å². The van der Waals surface area contributed by atoms with Crippen molar-refractivity contribution in [2.75, 3.05) is 11.5 Å². The molecule has 1 fully saturated rings. The second-order valence-corrected chi connectivity index (χ2v) is 9.24. The van der Waals surface area contributed by atoms with Crippen molar-refractivity contribution in [1.82, 2.24) is 30.4 Å². The van der Waals surface area contributed by atoms with Gasteiger partial charge in [-0.05, 0) is 34.4 Å². The monoisotopic (exact) mass is 463 g/mol. The number of aromatic nitrogens is 4. The van der Waals surface area contributed by atoms with Crippen LogP contribution in [0.15, 0.2) is 40.2 Å². The molecule has 13 heteroatoms. The number of aryl methyl sites for hydroxylation is 1. The molecular weight excluding hydrogens is 442 g/mol. The van der Waals surface area contributed by atoms with E-state index >= 15 is 0 Å². The zero-order chi connectivity index (χ0) is 22.1. The summed E-state index contributed by atoms with van der Waals surface area (Å²) in [6.45, 7) is 0. The number of rotatable bonds is 7. The quantitative estimate of drug-likeness (QED) is 0.277. The van der Waals surface area contributed by atoms with Gasteiger partial charge in [0.15, 0.2) is 0 Å². The molecule has 1 aromatic rings. The van der Waals surface area contributed by atoms with E-state index in [0.29, 0.717) is 28.7 Å². The van der Waals surface area contributed by atoms with E-state index in [4.69, 9.17) is 5.73 Å². The molecule has 1 saturated heterocycles. The lowest BCUT2D eigenvalue weighted by Gasteiger charge is -2.49. The number of tetrazole rings is 1. The number of carbonyl (C=O) groups excluding carboxylic acids is 2. The normalized spacial score (nSPS) is 23.7. The fourth-order valence-electron chi connectivity index (χ4n) is 3.57. The molecule has 164 valence electrons. The van der Waals surface area contributed by atoms with Crippen LogP contribution in [0.2, 0.25) is 0 Å². The summed E-state index contributed by atoms with van der Waals surface area (Å²) < 4.78 is 1.49. The van der Waals surface area contributed by atoms with E-state index in [-0.39, 0.29) is 5.70 Å². The van der Waals surface area contributed by atoms with Gasteiger partial charge in [0.25, 0.3) is 5.91 Å². The molecule has 4 rings (SSSR count). The SMILES string of the molecule is Cn1nnnc1SCC1=C(C(=O)O)N2C(=O)C(NC(=O)C(N)C3=CCC=CC3)[C@H]2SC1. The van der Waals surface area contributed by atoms with Gasteiger partial charge in [-0.15, -0.1) is 16.9 Å². The highest BCUT2D eigenvalue weighted by Crippen LogP contribution is 2.41. The van der Waals surface area contributed by atoms with E-state index in [2.05, 4.69) is 20.8 Å². The first kappa shape index (κ1) is 21.6. The summed E-state index contributed by atoms with van der Waals surface area (Å²) in [5, 5.41) is 23.7. The molecule has 31 heavy (non-hydrogen) atoms. The highest BCUT2D eigenvalue weighted by Gasteiger charge is 2.54. The summed E-state index contributed by atoms with van der Waals surface area (Å²) >= 11 is 2.71. The van der Waals surface area contributed by atoms with E-state index in [1.807, 2.05) is 18.2 Å². The molecule has 1 aliphatic carbocycles. The maximum absolute atomic E-state index is 12.8. The average molecular weight is 464 g/mol. The predicted molar refractivity (Wildman–Crippen MR) is 114 cm³/mol. The average Bonchev–Trinajstić information content (AvgIpc) is 3.19. The van der Waals surface area contributed by atoms with Crippen molar-refractivity contribution in [3.63, 3.8) is 0 Å². The van der Waals surface area contributed by atoms with Crippen LogP contribution in [0, 0.1) is 0 Å². The first-order valence-corrected chi connectivity index (χ1v) is 11.6. The molecule has 0 radical (unpaired) electrons. The van der Waals surface area contributed by atoms with Gasteiger partial charge in [0.2, 0.25) is 11.1 Å². The van der Waals surface area contributed by atoms with E-state index in [1.54, 1.807) is 7.05 Å². The number of amides is 2. The Hall–Kier alpha value is -2.64. The number of hydrogen-bond donors (Lipinski definition) is 3. The Morgan fingerprint density at radius 2 is 2.26 bits per heavy atom. The topological polar surface area (TPSA) is 156 Å². The van der Waals surface area contributed by atoms with Gasteiger partial charge in [-0.3, -0.25) is 14.5 Å². The van der Waals surface area contributed by atoms with Gasteiger partial charge in [0.05, 0.1) is 0 Å². The number of carboxylic acids is 1. The van der Waals surface area contributed by atoms with Gasteiger partial charge in [0.1, 0.15) is 23.2 Å². The highest BCUT2D eigenvalue weighted by molar-refractivity contribution is 8.01. The van der Waals surface area contributed by atoms with Crippen molar-refractivity contribution in [2.45, 2.75) is 35.5 Å². The molecule has 3 atom stereocenters. The number of nitrogens with one attached hydrogen (secondary N) is 1. The van der Waals surface area contributed by atoms with Gasteiger partial charge in [0, 0.05) is 18.6 Å². The summed E-state index contributed by atoms with van der Waals surface area (Å²) in [6, 6.07) is -1.63. The Labute approximate surface area is 186 Å². The molecule has 2 aliphatic heterocycles. The first-order valence-electron chi connectivity index (χ1n) is 9.53. The van der Waals surface area contributed by atoms with Crippen LogP contribution in [0.1, 0.15) is 12.8 Å². The Balaban J connectivity index is 1.44. The van der Waals surface area contributed by atoms with Crippen molar-refractivity contribution in [1.29, 1.82) is 0 Å². The number of carboxylic acid groups (broad SMARTS) is 1. The molecule has 4 N–H and O–H groups in total. The Morgan fingerprint density at radius 3 is 2.90 bits per heavy atom. The van der Waals surface area contributed by atoms with Crippen molar-refractivity contribution >= 4 is 41.3 Å². The second-order valence-electron chi connectivity index (χ2n) is 7.20. The number of aliphatic carboxylic acids is 1. The third-order valence-electron chi connectivity index (χ3n) is 5.22. The van der Waals surface area contributed by atoms with Gasteiger partial charge in [-0.25, -0.2) is 9.48 Å². The lowest BCUT2D eigenvalue weighted by molar-refractivity contribution is -0.150.